The van der Waals surface area contributed by atoms with Gasteiger partial charge in [0.15, 0.2) is 0 Å². The molecule has 0 aromatic heterocycles. The second kappa shape index (κ2) is 5.78. The first-order valence-corrected chi connectivity index (χ1v) is 7.02. The predicted octanol–water partition coefficient (Wildman–Crippen LogP) is 2.79. The summed E-state index contributed by atoms with van der Waals surface area (Å²) in [4.78, 5) is 2.27. The molecule has 2 aliphatic rings. The molecule has 0 aromatic rings. The molecule has 1 aliphatic heterocycles. The zero-order valence-electron chi connectivity index (χ0n) is 11.0. The summed E-state index contributed by atoms with van der Waals surface area (Å²) in [5.41, 5.74) is 0. The van der Waals surface area contributed by atoms with E-state index in [0.717, 1.165) is 19.5 Å². The Morgan fingerprint density at radius 1 is 1.22 bits per heavy atom. The van der Waals surface area contributed by atoms with Gasteiger partial charge in [-0.05, 0) is 38.1 Å². The molecule has 2 atom stereocenters. The maximum atomic E-state index is 12.5. The molecule has 2 nitrogen and oxygen atoms in total. The van der Waals surface area contributed by atoms with E-state index < -0.39 is 12.6 Å². The Morgan fingerprint density at radius 2 is 1.94 bits per heavy atom. The van der Waals surface area contributed by atoms with Crippen molar-refractivity contribution >= 4 is 0 Å². The Morgan fingerprint density at radius 3 is 2.50 bits per heavy atom. The number of halogens is 3. The lowest BCUT2D eigenvalue weighted by Gasteiger charge is -2.38. The fourth-order valence-electron chi connectivity index (χ4n) is 2.95. The molecule has 5 heteroatoms. The van der Waals surface area contributed by atoms with Gasteiger partial charge in [-0.15, -0.1) is 0 Å². The molecule has 1 saturated carbocycles. The van der Waals surface area contributed by atoms with Crippen LogP contribution in [0.15, 0.2) is 0 Å². The first-order chi connectivity index (χ1) is 8.48. The summed E-state index contributed by atoms with van der Waals surface area (Å²) in [6.45, 7) is 4.55. The second-order valence-electron chi connectivity index (χ2n) is 5.76. The third-order valence-electron chi connectivity index (χ3n) is 3.83. The average Bonchev–Trinajstić information content (AvgIpc) is 3.07. The second-order valence-corrected chi connectivity index (χ2v) is 5.76. The summed E-state index contributed by atoms with van der Waals surface area (Å²) in [5, 5.41) is 3.39. The number of nitrogens with one attached hydrogen (secondary N) is 1. The van der Waals surface area contributed by atoms with Crippen LogP contribution in [0.3, 0.4) is 0 Å². The lowest BCUT2D eigenvalue weighted by molar-refractivity contribution is -0.149. The third kappa shape index (κ3) is 4.43. The maximum absolute atomic E-state index is 12.5. The van der Waals surface area contributed by atoms with Crippen LogP contribution >= 0.6 is 0 Å². The highest BCUT2D eigenvalue weighted by Crippen LogP contribution is 2.35. The molecule has 2 fully saturated rings. The Labute approximate surface area is 107 Å². The lowest BCUT2D eigenvalue weighted by atomic mass is 9.91. The van der Waals surface area contributed by atoms with E-state index in [1.165, 1.54) is 12.8 Å². The quantitative estimate of drug-likeness (QED) is 0.821. The number of rotatable bonds is 5. The van der Waals surface area contributed by atoms with Gasteiger partial charge in [0.25, 0.3) is 0 Å². The zero-order valence-corrected chi connectivity index (χ0v) is 11.0. The van der Waals surface area contributed by atoms with E-state index in [9.17, 15) is 13.2 Å². The van der Waals surface area contributed by atoms with Crippen LogP contribution in [0.1, 0.15) is 39.0 Å². The van der Waals surface area contributed by atoms with Gasteiger partial charge in [-0.1, -0.05) is 6.92 Å². The van der Waals surface area contributed by atoms with Gasteiger partial charge >= 0.3 is 6.18 Å². The van der Waals surface area contributed by atoms with Crippen LogP contribution in [0.4, 0.5) is 13.2 Å². The SMILES string of the molecule is CCCNC1CC(CC(F)(F)F)CN(C2CC2)C1. The number of nitrogens with zero attached hydrogens (tertiary/aromatic N) is 1. The molecule has 106 valence electrons. The fraction of sp³-hybridized carbons (Fsp3) is 1.00. The van der Waals surface area contributed by atoms with Crippen molar-refractivity contribution in [3.8, 4) is 0 Å². The van der Waals surface area contributed by atoms with Gasteiger partial charge in [0.2, 0.25) is 0 Å². The average molecular weight is 264 g/mol. The van der Waals surface area contributed by atoms with Gasteiger partial charge in [0.1, 0.15) is 0 Å². The van der Waals surface area contributed by atoms with Gasteiger partial charge in [0.05, 0.1) is 0 Å². The molecule has 0 aromatic carbocycles. The third-order valence-corrected chi connectivity index (χ3v) is 3.83. The van der Waals surface area contributed by atoms with E-state index in [-0.39, 0.29) is 12.0 Å². The zero-order chi connectivity index (χ0) is 13.2. The highest BCUT2D eigenvalue weighted by molar-refractivity contribution is 4.92. The molecule has 0 spiro atoms. The van der Waals surface area contributed by atoms with Crippen LogP contribution in [0.2, 0.25) is 0 Å². The monoisotopic (exact) mass is 264 g/mol. The minimum absolute atomic E-state index is 0.228. The number of alkyl halides is 3. The van der Waals surface area contributed by atoms with E-state index in [1.54, 1.807) is 0 Å². The van der Waals surface area contributed by atoms with Gasteiger partial charge in [0, 0.05) is 31.6 Å². The van der Waals surface area contributed by atoms with E-state index in [0.29, 0.717) is 19.0 Å². The Kier molecular flexibility index (Phi) is 4.54. The molecule has 1 N–H and O–H groups in total. The van der Waals surface area contributed by atoms with Crippen molar-refractivity contribution in [2.75, 3.05) is 19.6 Å². The van der Waals surface area contributed by atoms with E-state index in [2.05, 4.69) is 17.1 Å². The topological polar surface area (TPSA) is 15.3 Å². The number of hydrogen-bond acceptors (Lipinski definition) is 2. The van der Waals surface area contributed by atoms with Crippen molar-refractivity contribution in [1.29, 1.82) is 0 Å². The van der Waals surface area contributed by atoms with Crippen LogP contribution in [0, 0.1) is 5.92 Å². The van der Waals surface area contributed by atoms with Crippen LogP contribution < -0.4 is 5.32 Å². The summed E-state index contributed by atoms with van der Waals surface area (Å²) in [6, 6.07) is 0.804. The van der Waals surface area contributed by atoms with Crippen molar-refractivity contribution in [2.45, 2.75) is 57.3 Å². The molecular formula is C13H23F3N2. The Bertz CT molecular complexity index is 263. The predicted molar refractivity (Wildman–Crippen MR) is 65.5 cm³/mol. The van der Waals surface area contributed by atoms with Crippen molar-refractivity contribution in [2.24, 2.45) is 5.92 Å². The highest BCUT2D eigenvalue weighted by atomic mass is 19.4. The molecular weight excluding hydrogens is 241 g/mol. The van der Waals surface area contributed by atoms with Crippen molar-refractivity contribution in [1.82, 2.24) is 10.2 Å². The van der Waals surface area contributed by atoms with Crippen LogP contribution in [0.5, 0.6) is 0 Å². The number of likely N-dealkylation sites (tertiary alicyclic amines) is 1. The van der Waals surface area contributed by atoms with Crippen molar-refractivity contribution in [3.05, 3.63) is 0 Å². The highest BCUT2D eigenvalue weighted by Gasteiger charge is 2.40. The minimum atomic E-state index is -4.02. The molecule has 0 radical (unpaired) electrons. The summed E-state index contributed by atoms with van der Waals surface area (Å²) in [6.07, 6.45) is -0.613. The van der Waals surface area contributed by atoms with Gasteiger partial charge < -0.3 is 5.32 Å². The van der Waals surface area contributed by atoms with Crippen LogP contribution in [0.25, 0.3) is 0 Å². The number of hydrogen-bond donors (Lipinski definition) is 1. The smallest absolute Gasteiger partial charge is 0.313 e. The fourth-order valence-corrected chi connectivity index (χ4v) is 2.95. The van der Waals surface area contributed by atoms with Gasteiger partial charge in [-0.25, -0.2) is 0 Å². The van der Waals surface area contributed by atoms with Gasteiger partial charge in [-0.2, -0.15) is 13.2 Å². The normalized spacial score (nSPS) is 30.7. The molecule has 0 amide bonds. The van der Waals surface area contributed by atoms with Crippen molar-refractivity contribution < 1.29 is 13.2 Å². The number of piperidine rings is 1. The molecule has 2 unspecified atom stereocenters. The summed E-state index contributed by atoms with van der Waals surface area (Å²) >= 11 is 0. The van der Waals surface area contributed by atoms with E-state index >= 15 is 0 Å². The first-order valence-electron chi connectivity index (χ1n) is 7.02. The summed E-state index contributed by atoms with van der Waals surface area (Å²) in [5.74, 6) is -0.228. The molecule has 1 saturated heterocycles. The molecule has 18 heavy (non-hydrogen) atoms. The largest absolute Gasteiger partial charge is 0.389 e. The van der Waals surface area contributed by atoms with E-state index in [4.69, 9.17) is 0 Å². The summed E-state index contributed by atoms with van der Waals surface area (Å²) < 4.78 is 37.6. The van der Waals surface area contributed by atoms with Crippen LogP contribution in [-0.2, 0) is 0 Å². The molecule has 1 aliphatic carbocycles. The maximum Gasteiger partial charge on any atom is 0.389 e. The summed E-state index contributed by atoms with van der Waals surface area (Å²) in [7, 11) is 0. The molecule has 1 heterocycles. The lowest BCUT2D eigenvalue weighted by Crippen LogP contribution is -2.50. The first kappa shape index (κ1) is 14.1. The van der Waals surface area contributed by atoms with E-state index in [1.807, 2.05) is 0 Å². The molecule has 2 rings (SSSR count). The van der Waals surface area contributed by atoms with Crippen LogP contribution in [-0.4, -0.2) is 42.8 Å². The Hall–Kier alpha value is -0.290. The standard InChI is InChI=1S/C13H23F3N2/c1-2-5-17-11-6-10(7-13(14,15)16)8-18(9-11)12-3-4-12/h10-12,17H,2-9H2,1H3. The van der Waals surface area contributed by atoms with Gasteiger partial charge in [-0.3, -0.25) is 4.90 Å². The molecule has 0 bridgehead atoms. The Balaban J connectivity index is 1.88. The van der Waals surface area contributed by atoms with Crippen molar-refractivity contribution in [3.63, 3.8) is 0 Å². The minimum Gasteiger partial charge on any atom is -0.313 e.